The van der Waals surface area contributed by atoms with Crippen molar-refractivity contribution < 1.29 is 0 Å². The van der Waals surface area contributed by atoms with Crippen molar-refractivity contribution in [1.29, 1.82) is 5.26 Å². The lowest BCUT2D eigenvalue weighted by atomic mass is 9.88. The average molecular weight is 749 g/mol. The Labute approximate surface area is 339 Å². The molecule has 4 nitrogen and oxygen atoms in total. The fourth-order valence-electron chi connectivity index (χ4n) is 9.37. The number of hydrogen-bond donors (Lipinski definition) is 0. The lowest BCUT2D eigenvalue weighted by Crippen LogP contribution is -1.94. The van der Waals surface area contributed by atoms with E-state index in [1.54, 1.807) is 0 Å². The van der Waals surface area contributed by atoms with E-state index >= 15 is 0 Å². The molecule has 12 rings (SSSR count). The molecule has 0 aliphatic carbocycles. The van der Waals surface area contributed by atoms with E-state index in [4.69, 9.17) is 4.98 Å². The Morgan fingerprint density at radius 2 is 1.00 bits per heavy atom. The van der Waals surface area contributed by atoms with Crippen molar-refractivity contribution in [2.45, 2.75) is 0 Å². The summed E-state index contributed by atoms with van der Waals surface area (Å²) >= 11 is 0. The number of nitriles is 1. The summed E-state index contributed by atoms with van der Waals surface area (Å²) in [5, 5.41) is 21.8. The van der Waals surface area contributed by atoms with Crippen LogP contribution in [0.1, 0.15) is 5.56 Å². The van der Waals surface area contributed by atoms with Crippen molar-refractivity contribution in [2.75, 3.05) is 0 Å². The predicted octanol–water partition coefficient (Wildman–Crippen LogP) is 14.2. The van der Waals surface area contributed by atoms with Crippen LogP contribution in [0.2, 0.25) is 0 Å². The molecular weight excluding hydrogens is 717 g/mol. The standard InChI is InChI=1S/C55H32N4/c56-33-34-27-38-21-22-39-29-40(30-53-55(39)54(38)52(28-34)59(53)41-9-2-1-3-10-41)35-17-19-36(20-18-35)46-31-47-44-13-6-7-14-45(44)49(32-48(47)43-12-5-4-11-42(43)46)51-16-8-15-50(58-51)37-23-25-57-26-24-37/h1-32H. The molecule has 3 aromatic heterocycles. The predicted molar refractivity (Wildman–Crippen MR) is 244 cm³/mol. The van der Waals surface area contributed by atoms with Gasteiger partial charge in [0.2, 0.25) is 0 Å². The quantitative estimate of drug-likeness (QED) is 0.165. The maximum Gasteiger partial charge on any atom is 0.0992 e. The van der Waals surface area contributed by atoms with Gasteiger partial charge in [0.15, 0.2) is 0 Å². The van der Waals surface area contributed by atoms with Crippen LogP contribution in [0.25, 0.3) is 115 Å². The Morgan fingerprint density at radius 1 is 0.407 bits per heavy atom. The molecule has 9 aromatic carbocycles. The number of aromatic nitrogens is 3. The van der Waals surface area contributed by atoms with Crippen molar-refractivity contribution in [3.05, 3.63) is 200 Å². The number of para-hydroxylation sites is 1. The molecule has 0 fully saturated rings. The summed E-state index contributed by atoms with van der Waals surface area (Å²) in [7, 11) is 0. The molecule has 0 aliphatic rings. The summed E-state index contributed by atoms with van der Waals surface area (Å²) in [5.41, 5.74) is 12.6. The third-order valence-corrected chi connectivity index (χ3v) is 12.0. The second-order valence-corrected chi connectivity index (χ2v) is 15.3. The van der Waals surface area contributed by atoms with Crippen LogP contribution < -0.4 is 0 Å². The van der Waals surface area contributed by atoms with Crippen LogP contribution in [0, 0.1) is 11.3 Å². The smallest absolute Gasteiger partial charge is 0.0992 e. The molecule has 0 aliphatic heterocycles. The van der Waals surface area contributed by atoms with Crippen molar-refractivity contribution >= 4 is 64.9 Å². The van der Waals surface area contributed by atoms with E-state index in [0.29, 0.717) is 5.56 Å². The molecule has 0 radical (unpaired) electrons. The van der Waals surface area contributed by atoms with Gasteiger partial charge in [-0.25, -0.2) is 4.98 Å². The molecule has 0 saturated carbocycles. The molecule has 272 valence electrons. The minimum absolute atomic E-state index is 0.662. The molecule has 0 atom stereocenters. The van der Waals surface area contributed by atoms with Gasteiger partial charge < -0.3 is 4.57 Å². The van der Waals surface area contributed by atoms with Gasteiger partial charge in [0.05, 0.1) is 34.1 Å². The minimum Gasteiger partial charge on any atom is -0.309 e. The van der Waals surface area contributed by atoms with E-state index in [-0.39, 0.29) is 0 Å². The Balaban J connectivity index is 1.02. The molecule has 0 N–H and O–H groups in total. The summed E-state index contributed by atoms with van der Waals surface area (Å²) in [6.45, 7) is 0. The Morgan fingerprint density at radius 3 is 1.71 bits per heavy atom. The molecule has 0 spiro atoms. The number of nitrogens with zero attached hydrogens (tertiary/aromatic N) is 4. The van der Waals surface area contributed by atoms with Crippen LogP contribution in [0.15, 0.2) is 194 Å². The van der Waals surface area contributed by atoms with E-state index in [1.165, 1.54) is 59.6 Å². The topological polar surface area (TPSA) is 54.5 Å². The zero-order valence-electron chi connectivity index (χ0n) is 31.8. The molecule has 12 aromatic rings. The van der Waals surface area contributed by atoms with Crippen LogP contribution >= 0.6 is 0 Å². The first kappa shape index (κ1) is 33.1. The zero-order chi connectivity index (χ0) is 39.0. The van der Waals surface area contributed by atoms with E-state index in [2.05, 4.69) is 167 Å². The highest BCUT2D eigenvalue weighted by atomic mass is 15.0. The highest BCUT2D eigenvalue weighted by Gasteiger charge is 2.20. The first-order valence-electron chi connectivity index (χ1n) is 19.9. The lowest BCUT2D eigenvalue weighted by molar-refractivity contribution is 1.18. The minimum atomic E-state index is 0.662. The monoisotopic (exact) mass is 748 g/mol. The largest absolute Gasteiger partial charge is 0.309 e. The second-order valence-electron chi connectivity index (χ2n) is 15.3. The fraction of sp³-hybridized carbons (Fsp3) is 0. The van der Waals surface area contributed by atoms with Crippen LogP contribution in [0.4, 0.5) is 0 Å². The third-order valence-electron chi connectivity index (χ3n) is 12.0. The number of rotatable bonds is 5. The van der Waals surface area contributed by atoms with Gasteiger partial charge in [-0.3, -0.25) is 4.98 Å². The van der Waals surface area contributed by atoms with Crippen molar-refractivity contribution in [2.24, 2.45) is 0 Å². The zero-order valence-corrected chi connectivity index (χ0v) is 31.8. The first-order chi connectivity index (χ1) is 29.2. The van der Waals surface area contributed by atoms with Gasteiger partial charge >= 0.3 is 0 Å². The van der Waals surface area contributed by atoms with E-state index in [9.17, 15) is 5.26 Å². The Bertz CT molecular complexity index is 3650. The number of fused-ring (bicyclic) bond motifs is 5. The highest BCUT2D eigenvalue weighted by molar-refractivity contribution is 6.26. The molecular formula is C55H32N4. The molecule has 0 unspecified atom stereocenters. The van der Waals surface area contributed by atoms with Crippen molar-refractivity contribution in [1.82, 2.24) is 14.5 Å². The van der Waals surface area contributed by atoms with E-state index in [1.807, 2.05) is 42.7 Å². The van der Waals surface area contributed by atoms with E-state index < -0.39 is 0 Å². The summed E-state index contributed by atoms with van der Waals surface area (Å²) in [6, 6.07) is 67.4. The van der Waals surface area contributed by atoms with Gasteiger partial charge in [-0.2, -0.15) is 5.26 Å². The molecule has 4 heteroatoms. The van der Waals surface area contributed by atoms with Crippen LogP contribution in [0.3, 0.4) is 0 Å². The van der Waals surface area contributed by atoms with Gasteiger partial charge in [-0.05, 0) is 138 Å². The maximum absolute atomic E-state index is 9.93. The van der Waals surface area contributed by atoms with Crippen molar-refractivity contribution in [3.63, 3.8) is 0 Å². The summed E-state index contributed by atoms with van der Waals surface area (Å²) < 4.78 is 2.31. The molecule has 0 saturated heterocycles. The Kier molecular flexibility index (Phi) is 7.26. The number of hydrogen-bond acceptors (Lipinski definition) is 3. The lowest BCUT2D eigenvalue weighted by Gasteiger charge is -2.16. The van der Waals surface area contributed by atoms with E-state index in [0.717, 1.165) is 55.7 Å². The summed E-state index contributed by atoms with van der Waals surface area (Å²) in [4.78, 5) is 9.38. The Hall–Kier alpha value is -8.13. The van der Waals surface area contributed by atoms with Gasteiger partial charge in [-0.15, -0.1) is 0 Å². The SMILES string of the molecule is N#Cc1cc2ccc3cc(-c4ccc(-c5cc6c7ccccc7c(-c7cccc(-c8ccncc8)n7)cc6c6ccccc56)cc4)cc4c3c2c(c1)n4-c1ccccc1. The van der Waals surface area contributed by atoms with Crippen LogP contribution in [0.5, 0.6) is 0 Å². The van der Waals surface area contributed by atoms with Gasteiger partial charge in [-0.1, -0.05) is 109 Å². The maximum atomic E-state index is 9.93. The van der Waals surface area contributed by atoms with Gasteiger partial charge in [0, 0.05) is 40.0 Å². The average Bonchev–Trinajstić information content (AvgIpc) is 3.65. The molecule has 0 bridgehead atoms. The van der Waals surface area contributed by atoms with Crippen molar-refractivity contribution in [3.8, 4) is 56.5 Å². The molecule has 59 heavy (non-hydrogen) atoms. The second kappa shape index (κ2) is 13.0. The summed E-state index contributed by atoms with van der Waals surface area (Å²) in [5.74, 6) is 0. The fourth-order valence-corrected chi connectivity index (χ4v) is 9.37. The number of benzene rings is 9. The third kappa shape index (κ3) is 5.16. The molecule has 3 heterocycles. The number of pyridine rings is 2. The van der Waals surface area contributed by atoms with Gasteiger partial charge in [0.25, 0.3) is 0 Å². The van der Waals surface area contributed by atoms with Gasteiger partial charge in [0.1, 0.15) is 0 Å². The van der Waals surface area contributed by atoms with Crippen LogP contribution in [-0.4, -0.2) is 14.5 Å². The molecule has 0 amide bonds. The first-order valence-corrected chi connectivity index (χ1v) is 19.9. The summed E-state index contributed by atoms with van der Waals surface area (Å²) in [6.07, 6.45) is 3.63. The van der Waals surface area contributed by atoms with Crippen LogP contribution in [-0.2, 0) is 0 Å². The normalized spacial score (nSPS) is 11.7. The highest BCUT2D eigenvalue weighted by Crippen LogP contribution is 2.44.